The molecule has 0 heterocycles. The van der Waals surface area contributed by atoms with Crippen molar-refractivity contribution >= 4 is 41.0 Å². The summed E-state index contributed by atoms with van der Waals surface area (Å²) in [5.74, 6) is 0.658. The smallest absolute Gasteiger partial charge is 0.0726 e. The Labute approximate surface area is 244 Å². The Morgan fingerprint density at radius 3 is 1.37 bits per heavy atom. The van der Waals surface area contributed by atoms with Crippen LogP contribution in [0.3, 0.4) is 0 Å². The van der Waals surface area contributed by atoms with Crippen molar-refractivity contribution in [3.8, 4) is 0 Å². The van der Waals surface area contributed by atoms with Crippen molar-refractivity contribution in [2.45, 2.75) is 25.7 Å². The van der Waals surface area contributed by atoms with Crippen molar-refractivity contribution in [2.75, 3.05) is 0 Å². The van der Waals surface area contributed by atoms with Crippen LogP contribution in [0.15, 0.2) is 145 Å². The van der Waals surface area contributed by atoms with Crippen molar-refractivity contribution in [1.82, 2.24) is 0 Å². The summed E-state index contributed by atoms with van der Waals surface area (Å²) in [6, 6.07) is 32.5. The molecule has 0 aromatic heterocycles. The van der Waals surface area contributed by atoms with Gasteiger partial charge in [0, 0.05) is 11.8 Å². The van der Waals surface area contributed by atoms with E-state index in [2.05, 4.69) is 160 Å². The van der Waals surface area contributed by atoms with Gasteiger partial charge in [0.15, 0.2) is 8.07 Å². The highest BCUT2D eigenvalue weighted by Crippen LogP contribution is 2.42. The van der Waals surface area contributed by atoms with Crippen molar-refractivity contribution in [1.29, 1.82) is 0 Å². The SMILES string of the molecule is Cc1ccc2c(c1[Si](c1ccccc1)(c1ccccc1)c1c(C)ccc3c1C=C1C=CC=CC13)C=C1C=CC=CC12. The van der Waals surface area contributed by atoms with Crippen LogP contribution in [0.1, 0.15) is 45.2 Å². The molecule has 0 nitrogen and oxygen atoms in total. The predicted molar refractivity (Wildman–Crippen MR) is 178 cm³/mol. The summed E-state index contributed by atoms with van der Waals surface area (Å²) in [4.78, 5) is 0. The maximum atomic E-state index is 2.50. The molecule has 4 aromatic carbocycles. The lowest BCUT2D eigenvalue weighted by molar-refractivity contribution is 1.05. The van der Waals surface area contributed by atoms with Gasteiger partial charge in [-0.2, -0.15) is 0 Å². The maximum Gasteiger partial charge on any atom is 0.181 e. The molecule has 1 heteroatoms. The molecule has 0 amide bonds. The number of rotatable bonds is 4. The number of allylic oxidation sites excluding steroid dienone is 10. The van der Waals surface area contributed by atoms with Gasteiger partial charge in [0.2, 0.25) is 0 Å². The van der Waals surface area contributed by atoms with Crippen LogP contribution in [-0.4, -0.2) is 8.07 Å². The minimum absolute atomic E-state index is 0.329. The van der Waals surface area contributed by atoms with Crippen LogP contribution in [0, 0.1) is 13.8 Å². The third-order valence-corrected chi connectivity index (χ3v) is 14.8. The van der Waals surface area contributed by atoms with E-state index in [0.29, 0.717) is 11.8 Å². The third-order valence-electron chi connectivity index (χ3n) is 9.56. The number of benzene rings is 4. The molecule has 0 saturated heterocycles. The quantitative estimate of drug-likeness (QED) is 0.195. The Kier molecular flexibility index (Phi) is 5.52. The van der Waals surface area contributed by atoms with Gasteiger partial charge in [-0.05, 0) is 68.0 Å². The average Bonchev–Trinajstić information content (AvgIpc) is 3.58. The number of hydrogen-bond acceptors (Lipinski definition) is 0. The van der Waals surface area contributed by atoms with Gasteiger partial charge in [-0.1, -0.05) is 157 Å². The van der Waals surface area contributed by atoms with E-state index in [9.17, 15) is 0 Å². The highest BCUT2D eigenvalue weighted by atomic mass is 28.3. The minimum atomic E-state index is -2.82. The lowest BCUT2D eigenvalue weighted by atomic mass is 9.92. The number of fused-ring (bicyclic) bond motifs is 6. The second kappa shape index (κ2) is 9.29. The first-order valence-corrected chi connectivity index (χ1v) is 16.7. The number of aryl methyl sites for hydroxylation is 2. The van der Waals surface area contributed by atoms with Crippen LogP contribution in [0.25, 0.3) is 12.2 Å². The predicted octanol–water partition coefficient (Wildman–Crippen LogP) is 6.89. The lowest BCUT2D eigenvalue weighted by Crippen LogP contribution is -2.77. The summed E-state index contributed by atoms with van der Waals surface area (Å²) in [5.41, 5.74) is 11.3. The molecular formula is C40H32Si. The molecule has 41 heavy (non-hydrogen) atoms. The summed E-state index contributed by atoms with van der Waals surface area (Å²) in [6.45, 7) is 4.69. The normalized spacial score (nSPS) is 19.4. The van der Waals surface area contributed by atoms with Crippen LogP contribution in [-0.2, 0) is 0 Å². The number of hydrogen-bond donors (Lipinski definition) is 0. The molecule has 0 spiro atoms. The monoisotopic (exact) mass is 540 g/mol. The van der Waals surface area contributed by atoms with E-state index < -0.39 is 8.07 Å². The van der Waals surface area contributed by atoms with Crippen LogP contribution < -0.4 is 20.7 Å². The van der Waals surface area contributed by atoms with E-state index >= 15 is 0 Å². The fourth-order valence-electron chi connectivity index (χ4n) is 7.87. The summed E-state index contributed by atoms with van der Waals surface area (Å²) in [5, 5.41) is 5.95. The lowest BCUT2D eigenvalue weighted by Gasteiger charge is -2.39. The van der Waals surface area contributed by atoms with Gasteiger partial charge in [0.25, 0.3) is 0 Å². The van der Waals surface area contributed by atoms with Crippen LogP contribution in [0.2, 0.25) is 0 Å². The summed E-state index contributed by atoms with van der Waals surface area (Å²) >= 11 is 0. The van der Waals surface area contributed by atoms with E-state index in [1.165, 1.54) is 65.3 Å². The minimum Gasteiger partial charge on any atom is -0.0726 e. The van der Waals surface area contributed by atoms with Crippen LogP contribution in [0.5, 0.6) is 0 Å². The van der Waals surface area contributed by atoms with Gasteiger partial charge in [0.1, 0.15) is 0 Å². The van der Waals surface area contributed by atoms with Crippen LogP contribution in [0.4, 0.5) is 0 Å². The van der Waals surface area contributed by atoms with Gasteiger partial charge in [-0.15, -0.1) is 0 Å². The molecule has 0 radical (unpaired) electrons. The average molecular weight is 541 g/mol. The second-order valence-electron chi connectivity index (χ2n) is 11.7. The molecular weight excluding hydrogens is 509 g/mol. The van der Waals surface area contributed by atoms with Gasteiger partial charge in [-0.25, -0.2) is 0 Å². The van der Waals surface area contributed by atoms with Crippen LogP contribution >= 0.6 is 0 Å². The van der Waals surface area contributed by atoms with E-state index in [-0.39, 0.29) is 0 Å². The molecule has 2 unspecified atom stereocenters. The molecule has 0 fully saturated rings. The first kappa shape index (κ1) is 24.3. The Morgan fingerprint density at radius 2 is 0.927 bits per heavy atom. The van der Waals surface area contributed by atoms with Crippen molar-refractivity contribution in [2.24, 2.45) is 0 Å². The fraction of sp³-hybridized carbons (Fsp3) is 0.100. The zero-order chi connectivity index (χ0) is 27.6. The molecule has 196 valence electrons. The molecule has 4 aliphatic rings. The largest absolute Gasteiger partial charge is 0.181 e. The molecule has 0 saturated carbocycles. The summed E-state index contributed by atoms with van der Waals surface area (Å²) in [6.07, 6.45) is 23.1. The van der Waals surface area contributed by atoms with E-state index in [1.807, 2.05) is 0 Å². The van der Waals surface area contributed by atoms with Gasteiger partial charge in [-0.3, -0.25) is 0 Å². The van der Waals surface area contributed by atoms with Crippen molar-refractivity contribution < 1.29 is 0 Å². The van der Waals surface area contributed by atoms with E-state index in [1.54, 1.807) is 0 Å². The first-order chi connectivity index (χ1) is 20.2. The van der Waals surface area contributed by atoms with Crippen molar-refractivity contribution in [3.05, 3.63) is 178 Å². The summed E-state index contributed by atoms with van der Waals surface area (Å²) in [7, 11) is -2.82. The third kappa shape index (κ3) is 3.46. The molecule has 0 N–H and O–H groups in total. The highest BCUT2D eigenvalue weighted by molar-refractivity contribution is 7.20. The Morgan fingerprint density at radius 1 is 0.488 bits per heavy atom. The highest BCUT2D eigenvalue weighted by Gasteiger charge is 2.48. The molecule has 4 aliphatic carbocycles. The fourth-order valence-corrected chi connectivity index (χ4v) is 13.6. The van der Waals surface area contributed by atoms with Gasteiger partial charge >= 0.3 is 0 Å². The summed E-state index contributed by atoms with van der Waals surface area (Å²) < 4.78 is 0. The Bertz CT molecular complexity index is 1750. The molecule has 4 aromatic rings. The van der Waals surface area contributed by atoms with Crippen molar-refractivity contribution in [3.63, 3.8) is 0 Å². The zero-order valence-corrected chi connectivity index (χ0v) is 24.5. The Balaban J connectivity index is 1.57. The van der Waals surface area contributed by atoms with Gasteiger partial charge in [0.05, 0.1) is 0 Å². The maximum absolute atomic E-state index is 2.82. The van der Waals surface area contributed by atoms with Gasteiger partial charge < -0.3 is 0 Å². The standard InChI is InChI=1S/C40H32Si/c1-27-21-23-35-33-19-11-9-13-29(33)25-37(35)39(27)41(31-15-5-3-6-16-31,32-17-7-4-8-18-32)40-28(2)22-24-36-34-20-12-10-14-30(34)26-38(36)40/h3-26,33-34H,1-2H3. The topological polar surface area (TPSA) is 0 Å². The Hall–Kier alpha value is -4.46. The zero-order valence-electron chi connectivity index (χ0n) is 23.5. The second-order valence-corrected chi connectivity index (χ2v) is 15.4. The van der Waals surface area contributed by atoms with E-state index in [4.69, 9.17) is 0 Å². The molecule has 8 rings (SSSR count). The molecule has 2 atom stereocenters. The molecule has 0 aliphatic heterocycles. The molecule has 0 bridgehead atoms. The van der Waals surface area contributed by atoms with E-state index in [0.717, 1.165) is 0 Å². The first-order valence-electron chi connectivity index (χ1n) is 14.7.